The second-order valence-electron chi connectivity index (χ2n) is 4.22. The molecule has 3 rings (SSSR count). The third kappa shape index (κ3) is 1.41. The zero-order valence-electron chi connectivity index (χ0n) is 7.65. The molecule has 1 aliphatic carbocycles. The lowest BCUT2D eigenvalue weighted by atomic mass is 10.2. The Hall–Kier alpha value is -0.380. The van der Waals surface area contributed by atoms with Gasteiger partial charge in [0.25, 0.3) is 0 Å². The molecule has 72 valence electrons. The lowest BCUT2D eigenvalue weighted by molar-refractivity contribution is 0.410. The number of fused-ring (bicyclic) bond motifs is 2. The van der Waals surface area contributed by atoms with Crippen molar-refractivity contribution in [2.75, 3.05) is 12.3 Å². The highest BCUT2D eigenvalue weighted by Crippen LogP contribution is 2.37. The number of thioether (sulfide) groups is 1. The maximum absolute atomic E-state index is 5.97. The predicted octanol–water partition coefficient (Wildman–Crippen LogP) is 0.653. The summed E-state index contributed by atoms with van der Waals surface area (Å²) in [5.41, 5.74) is 5.97. The summed E-state index contributed by atoms with van der Waals surface area (Å²) in [4.78, 5) is 6.82. The predicted molar refractivity (Wildman–Crippen MR) is 56.0 cm³/mol. The molecule has 0 amide bonds. The quantitative estimate of drug-likeness (QED) is 0.496. The fourth-order valence-electron chi connectivity index (χ4n) is 2.15. The molecule has 2 heterocycles. The topological polar surface area (TPSA) is 41.6 Å². The van der Waals surface area contributed by atoms with Crippen LogP contribution in [0.25, 0.3) is 0 Å². The van der Waals surface area contributed by atoms with E-state index < -0.39 is 0 Å². The summed E-state index contributed by atoms with van der Waals surface area (Å²) >= 11 is 2.10. The number of nitrogens with zero attached hydrogens (tertiary/aromatic N) is 2. The molecule has 2 aliphatic heterocycles. The van der Waals surface area contributed by atoms with Gasteiger partial charge in [0.1, 0.15) is 0 Å². The molecule has 4 heteroatoms. The van der Waals surface area contributed by atoms with Crippen LogP contribution in [0.15, 0.2) is 4.99 Å². The first kappa shape index (κ1) is 7.97. The van der Waals surface area contributed by atoms with Gasteiger partial charge in [0.2, 0.25) is 0 Å². The van der Waals surface area contributed by atoms with Crippen LogP contribution in [-0.4, -0.2) is 40.5 Å². The van der Waals surface area contributed by atoms with Crippen molar-refractivity contribution in [3.05, 3.63) is 0 Å². The van der Waals surface area contributed by atoms with Crippen molar-refractivity contribution in [1.29, 1.82) is 0 Å². The molecular weight excluding hydrogens is 182 g/mol. The fourth-order valence-corrected chi connectivity index (χ4v) is 3.58. The highest BCUT2D eigenvalue weighted by molar-refractivity contribution is 8.00. The van der Waals surface area contributed by atoms with Crippen molar-refractivity contribution in [1.82, 2.24) is 4.90 Å². The molecular formula is C9H15N3S. The van der Waals surface area contributed by atoms with Gasteiger partial charge < -0.3 is 10.6 Å². The van der Waals surface area contributed by atoms with Gasteiger partial charge >= 0.3 is 0 Å². The summed E-state index contributed by atoms with van der Waals surface area (Å²) in [6, 6.07) is 1.25. The van der Waals surface area contributed by atoms with E-state index in [-0.39, 0.29) is 0 Å². The van der Waals surface area contributed by atoms with E-state index in [0.29, 0.717) is 12.1 Å². The van der Waals surface area contributed by atoms with Crippen LogP contribution in [0.5, 0.6) is 0 Å². The standard InChI is InChI=1S/C9H15N3S/c10-9(11-6-1-2-6)12-4-8-3-7(12)5-13-8/h6-8H,1-5H2,(H2,10,11). The van der Waals surface area contributed by atoms with Gasteiger partial charge in [-0.15, -0.1) is 0 Å². The first-order valence-electron chi connectivity index (χ1n) is 5.04. The van der Waals surface area contributed by atoms with Crippen molar-refractivity contribution in [3.63, 3.8) is 0 Å². The SMILES string of the molecule is NC(=NC1CC1)N1CC2CC1CS2. The van der Waals surface area contributed by atoms with Gasteiger partial charge in [-0.25, -0.2) is 4.99 Å². The number of nitrogens with two attached hydrogens (primary N) is 1. The average Bonchev–Trinajstić information content (AvgIpc) is 2.71. The van der Waals surface area contributed by atoms with E-state index in [1.54, 1.807) is 0 Å². The summed E-state index contributed by atoms with van der Waals surface area (Å²) in [7, 11) is 0. The molecule has 2 bridgehead atoms. The molecule has 0 aromatic rings. The fraction of sp³-hybridized carbons (Fsp3) is 0.889. The van der Waals surface area contributed by atoms with E-state index in [9.17, 15) is 0 Å². The van der Waals surface area contributed by atoms with Crippen LogP contribution >= 0.6 is 11.8 Å². The van der Waals surface area contributed by atoms with E-state index >= 15 is 0 Å². The number of likely N-dealkylation sites (tertiary alicyclic amines) is 1. The Morgan fingerprint density at radius 2 is 2.31 bits per heavy atom. The first-order valence-corrected chi connectivity index (χ1v) is 6.09. The van der Waals surface area contributed by atoms with Crippen LogP contribution in [0.2, 0.25) is 0 Å². The van der Waals surface area contributed by atoms with Crippen LogP contribution in [-0.2, 0) is 0 Å². The van der Waals surface area contributed by atoms with Crippen molar-refractivity contribution < 1.29 is 0 Å². The highest BCUT2D eigenvalue weighted by atomic mass is 32.2. The molecule has 2 atom stereocenters. The second kappa shape index (κ2) is 2.80. The summed E-state index contributed by atoms with van der Waals surface area (Å²) in [5.74, 6) is 2.07. The van der Waals surface area contributed by atoms with Crippen LogP contribution in [0.3, 0.4) is 0 Å². The summed E-state index contributed by atoms with van der Waals surface area (Å²) in [5, 5.41) is 0.831. The molecule has 13 heavy (non-hydrogen) atoms. The molecule has 0 spiro atoms. The highest BCUT2D eigenvalue weighted by Gasteiger charge is 2.39. The molecule has 2 unspecified atom stereocenters. The van der Waals surface area contributed by atoms with Crippen molar-refractivity contribution in [3.8, 4) is 0 Å². The van der Waals surface area contributed by atoms with Gasteiger partial charge in [-0.2, -0.15) is 11.8 Å². The molecule has 0 aromatic carbocycles. The van der Waals surface area contributed by atoms with Crippen LogP contribution < -0.4 is 5.73 Å². The van der Waals surface area contributed by atoms with E-state index in [4.69, 9.17) is 5.73 Å². The van der Waals surface area contributed by atoms with E-state index in [1.165, 1.54) is 25.0 Å². The smallest absolute Gasteiger partial charge is 0.191 e. The first-order chi connectivity index (χ1) is 6.33. The Bertz CT molecular complexity index is 249. The molecule has 3 fully saturated rings. The van der Waals surface area contributed by atoms with Gasteiger partial charge in [0.15, 0.2) is 5.96 Å². The largest absolute Gasteiger partial charge is 0.370 e. The molecule has 2 saturated heterocycles. The van der Waals surface area contributed by atoms with Gasteiger partial charge in [-0.1, -0.05) is 0 Å². The van der Waals surface area contributed by atoms with Crippen LogP contribution in [0, 0.1) is 0 Å². The Morgan fingerprint density at radius 1 is 1.46 bits per heavy atom. The van der Waals surface area contributed by atoms with E-state index in [1.807, 2.05) is 0 Å². The van der Waals surface area contributed by atoms with Crippen molar-refractivity contribution >= 4 is 17.7 Å². The molecule has 3 aliphatic rings. The van der Waals surface area contributed by atoms with Gasteiger partial charge in [-0.3, -0.25) is 0 Å². The number of guanidine groups is 1. The summed E-state index contributed by atoms with van der Waals surface area (Å²) in [6.45, 7) is 1.14. The Morgan fingerprint density at radius 3 is 2.85 bits per heavy atom. The Labute approximate surface area is 82.8 Å². The minimum absolute atomic E-state index is 0.562. The number of aliphatic imine (C=N–C) groups is 1. The number of hydrogen-bond acceptors (Lipinski definition) is 2. The van der Waals surface area contributed by atoms with E-state index in [0.717, 1.165) is 17.8 Å². The monoisotopic (exact) mass is 197 g/mol. The lowest BCUT2D eigenvalue weighted by Gasteiger charge is -2.27. The molecule has 2 N–H and O–H groups in total. The Kier molecular flexibility index (Phi) is 1.72. The second-order valence-corrected chi connectivity index (χ2v) is 5.55. The maximum atomic E-state index is 5.97. The van der Waals surface area contributed by atoms with Gasteiger partial charge in [-0.05, 0) is 19.3 Å². The Balaban J connectivity index is 1.71. The average molecular weight is 197 g/mol. The number of rotatable bonds is 1. The minimum atomic E-state index is 0.562. The van der Waals surface area contributed by atoms with Crippen molar-refractivity contribution in [2.45, 2.75) is 36.6 Å². The van der Waals surface area contributed by atoms with Crippen molar-refractivity contribution in [2.24, 2.45) is 10.7 Å². The normalized spacial score (nSPS) is 38.8. The molecule has 3 nitrogen and oxygen atoms in total. The molecule has 1 saturated carbocycles. The molecule has 0 aromatic heterocycles. The minimum Gasteiger partial charge on any atom is -0.370 e. The summed E-state index contributed by atoms with van der Waals surface area (Å²) in [6.07, 6.45) is 3.82. The zero-order valence-corrected chi connectivity index (χ0v) is 8.46. The van der Waals surface area contributed by atoms with Gasteiger partial charge in [0.05, 0.1) is 6.04 Å². The number of hydrogen-bond donors (Lipinski definition) is 1. The summed E-state index contributed by atoms with van der Waals surface area (Å²) < 4.78 is 0. The third-order valence-corrected chi connectivity index (χ3v) is 4.45. The maximum Gasteiger partial charge on any atom is 0.191 e. The zero-order chi connectivity index (χ0) is 8.84. The lowest BCUT2D eigenvalue weighted by Crippen LogP contribution is -2.43. The van der Waals surface area contributed by atoms with Crippen LogP contribution in [0.4, 0.5) is 0 Å². The van der Waals surface area contributed by atoms with Crippen LogP contribution in [0.1, 0.15) is 19.3 Å². The van der Waals surface area contributed by atoms with Gasteiger partial charge in [0, 0.05) is 23.6 Å². The third-order valence-electron chi connectivity index (χ3n) is 3.06. The molecule has 0 radical (unpaired) electrons. The van der Waals surface area contributed by atoms with E-state index in [2.05, 4.69) is 21.7 Å².